The van der Waals surface area contributed by atoms with Crippen LogP contribution < -0.4 is 5.32 Å². The average molecular weight is 230 g/mol. The minimum Gasteiger partial charge on any atom is -0.383 e. The van der Waals surface area contributed by atoms with Gasteiger partial charge in [0.25, 0.3) is 0 Å². The second kappa shape index (κ2) is 6.71. The van der Waals surface area contributed by atoms with Crippen LogP contribution in [0.5, 0.6) is 0 Å². The molecule has 1 N–H and O–H groups in total. The summed E-state index contributed by atoms with van der Waals surface area (Å²) in [6, 6.07) is 0.251. The number of halogens is 1. The lowest BCUT2D eigenvalue weighted by atomic mass is 10.2. The van der Waals surface area contributed by atoms with E-state index in [9.17, 15) is 0 Å². The lowest BCUT2D eigenvalue weighted by molar-refractivity contribution is 0.166. The quantitative estimate of drug-likeness (QED) is 0.799. The highest BCUT2D eigenvalue weighted by atomic mass is 35.5. The van der Waals surface area contributed by atoms with Crippen LogP contribution in [0.25, 0.3) is 0 Å². The molecule has 1 unspecified atom stereocenters. The number of likely N-dealkylation sites (N-methyl/N-ethyl adjacent to an activating group) is 1. The van der Waals surface area contributed by atoms with Crippen molar-refractivity contribution in [3.63, 3.8) is 0 Å². The van der Waals surface area contributed by atoms with Crippen molar-refractivity contribution >= 4 is 11.6 Å². The SMILES string of the molecule is CCNC(COC)Cc1ncc(Cl)cn1. The van der Waals surface area contributed by atoms with Gasteiger partial charge >= 0.3 is 0 Å². The van der Waals surface area contributed by atoms with Gasteiger partial charge in [-0.25, -0.2) is 9.97 Å². The lowest BCUT2D eigenvalue weighted by Crippen LogP contribution is -2.35. The molecular formula is C10H16ClN3O. The van der Waals surface area contributed by atoms with Gasteiger partial charge < -0.3 is 10.1 Å². The molecule has 0 aliphatic heterocycles. The number of methoxy groups -OCH3 is 1. The van der Waals surface area contributed by atoms with Crippen molar-refractivity contribution in [3.05, 3.63) is 23.2 Å². The van der Waals surface area contributed by atoms with Crippen molar-refractivity contribution in [3.8, 4) is 0 Å². The highest BCUT2D eigenvalue weighted by molar-refractivity contribution is 6.30. The largest absolute Gasteiger partial charge is 0.383 e. The van der Waals surface area contributed by atoms with Gasteiger partial charge in [0.1, 0.15) is 5.82 Å². The second-order valence-electron chi connectivity index (χ2n) is 3.23. The number of rotatable bonds is 6. The fourth-order valence-corrected chi connectivity index (χ4v) is 1.44. The first-order chi connectivity index (χ1) is 7.26. The summed E-state index contributed by atoms with van der Waals surface area (Å²) in [6.45, 7) is 3.62. The number of aromatic nitrogens is 2. The molecule has 0 bridgehead atoms. The van der Waals surface area contributed by atoms with Gasteiger partial charge in [-0.2, -0.15) is 0 Å². The maximum absolute atomic E-state index is 5.71. The fourth-order valence-electron chi connectivity index (χ4n) is 1.34. The second-order valence-corrected chi connectivity index (χ2v) is 3.67. The van der Waals surface area contributed by atoms with Crippen molar-refractivity contribution in [2.45, 2.75) is 19.4 Å². The van der Waals surface area contributed by atoms with Crippen LogP contribution in [0, 0.1) is 0 Å². The Kier molecular flexibility index (Phi) is 5.53. The predicted octanol–water partition coefficient (Wildman–Crippen LogP) is 1.30. The van der Waals surface area contributed by atoms with Gasteiger partial charge in [-0.3, -0.25) is 0 Å². The minimum atomic E-state index is 0.251. The zero-order valence-corrected chi connectivity index (χ0v) is 9.79. The molecule has 0 aromatic carbocycles. The first kappa shape index (κ1) is 12.4. The summed E-state index contributed by atoms with van der Waals surface area (Å²) in [4.78, 5) is 8.29. The Labute approximate surface area is 95.0 Å². The van der Waals surface area contributed by atoms with Gasteiger partial charge in [-0.05, 0) is 6.54 Å². The summed E-state index contributed by atoms with van der Waals surface area (Å²) in [5.74, 6) is 0.780. The van der Waals surface area contributed by atoms with Crippen molar-refractivity contribution < 1.29 is 4.74 Å². The van der Waals surface area contributed by atoms with E-state index in [-0.39, 0.29) is 6.04 Å². The van der Waals surface area contributed by atoms with Gasteiger partial charge in [-0.15, -0.1) is 0 Å². The maximum atomic E-state index is 5.71. The summed E-state index contributed by atoms with van der Waals surface area (Å²) in [5, 5.41) is 3.87. The number of nitrogens with zero attached hydrogens (tertiary/aromatic N) is 2. The van der Waals surface area contributed by atoms with E-state index in [4.69, 9.17) is 16.3 Å². The van der Waals surface area contributed by atoms with Crippen LogP contribution in [0.1, 0.15) is 12.7 Å². The summed E-state index contributed by atoms with van der Waals surface area (Å²) in [6.07, 6.45) is 3.97. The molecule has 84 valence electrons. The average Bonchev–Trinajstić information content (AvgIpc) is 2.22. The number of nitrogens with one attached hydrogen (secondary N) is 1. The van der Waals surface area contributed by atoms with Crippen molar-refractivity contribution in [1.29, 1.82) is 0 Å². The molecule has 0 amide bonds. The van der Waals surface area contributed by atoms with Crippen LogP contribution in [0.3, 0.4) is 0 Å². The zero-order valence-electron chi connectivity index (χ0n) is 9.03. The third-order valence-corrected chi connectivity index (χ3v) is 2.16. The van der Waals surface area contributed by atoms with E-state index >= 15 is 0 Å². The third-order valence-electron chi connectivity index (χ3n) is 1.96. The molecule has 5 heteroatoms. The summed E-state index contributed by atoms with van der Waals surface area (Å²) in [5.41, 5.74) is 0. The molecule has 0 saturated heterocycles. The van der Waals surface area contributed by atoms with E-state index in [0.29, 0.717) is 11.6 Å². The van der Waals surface area contributed by atoms with Crippen LogP contribution in [0.2, 0.25) is 5.02 Å². The Balaban J connectivity index is 2.53. The summed E-state index contributed by atoms with van der Waals surface area (Å²) >= 11 is 5.71. The highest BCUT2D eigenvalue weighted by Gasteiger charge is 2.09. The van der Waals surface area contributed by atoms with Gasteiger partial charge in [0.05, 0.1) is 11.6 Å². The molecule has 1 heterocycles. The van der Waals surface area contributed by atoms with Crippen LogP contribution in [0.4, 0.5) is 0 Å². The number of hydrogen-bond acceptors (Lipinski definition) is 4. The molecule has 0 spiro atoms. The molecule has 1 atom stereocenters. The van der Waals surface area contributed by atoms with Crippen LogP contribution in [0.15, 0.2) is 12.4 Å². The van der Waals surface area contributed by atoms with E-state index in [1.165, 1.54) is 0 Å². The van der Waals surface area contributed by atoms with Gasteiger partial charge in [0.2, 0.25) is 0 Å². The first-order valence-electron chi connectivity index (χ1n) is 4.95. The Bertz CT molecular complexity index is 273. The Morgan fingerprint density at radius 2 is 2.13 bits per heavy atom. The standard InChI is InChI=1S/C10H16ClN3O/c1-3-12-9(7-15-2)4-10-13-5-8(11)6-14-10/h5-6,9,12H,3-4,7H2,1-2H3. The smallest absolute Gasteiger partial charge is 0.129 e. The molecule has 0 saturated carbocycles. The van der Waals surface area contributed by atoms with E-state index in [1.807, 2.05) is 0 Å². The normalized spacial score (nSPS) is 12.7. The number of hydrogen-bond donors (Lipinski definition) is 1. The maximum Gasteiger partial charge on any atom is 0.129 e. The number of ether oxygens (including phenoxy) is 1. The van der Waals surface area contributed by atoms with Crippen LogP contribution in [-0.4, -0.2) is 36.3 Å². The third kappa shape index (κ3) is 4.55. The molecule has 0 radical (unpaired) electrons. The van der Waals surface area contributed by atoms with Crippen LogP contribution >= 0.6 is 11.6 Å². The monoisotopic (exact) mass is 229 g/mol. The van der Waals surface area contributed by atoms with E-state index in [0.717, 1.165) is 18.8 Å². The van der Waals surface area contributed by atoms with E-state index in [1.54, 1.807) is 19.5 Å². The molecule has 4 nitrogen and oxygen atoms in total. The molecule has 0 aliphatic rings. The van der Waals surface area contributed by atoms with E-state index < -0.39 is 0 Å². The predicted molar refractivity (Wildman–Crippen MR) is 60.1 cm³/mol. The molecule has 0 fully saturated rings. The van der Waals surface area contributed by atoms with Crippen LogP contribution in [-0.2, 0) is 11.2 Å². The summed E-state index contributed by atoms with van der Waals surface area (Å²) in [7, 11) is 1.69. The molecule has 1 rings (SSSR count). The minimum absolute atomic E-state index is 0.251. The van der Waals surface area contributed by atoms with Gasteiger partial charge in [-0.1, -0.05) is 18.5 Å². The Hall–Kier alpha value is -0.710. The molecular weight excluding hydrogens is 214 g/mol. The van der Waals surface area contributed by atoms with Crippen molar-refractivity contribution in [1.82, 2.24) is 15.3 Å². The topological polar surface area (TPSA) is 47.0 Å². The van der Waals surface area contributed by atoms with Crippen molar-refractivity contribution in [2.24, 2.45) is 0 Å². The highest BCUT2D eigenvalue weighted by Crippen LogP contribution is 2.04. The molecule has 0 aliphatic carbocycles. The Morgan fingerprint density at radius 3 is 2.67 bits per heavy atom. The first-order valence-corrected chi connectivity index (χ1v) is 5.32. The molecule has 1 aromatic heterocycles. The van der Waals surface area contributed by atoms with Gasteiger partial charge in [0.15, 0.2) is 0 Å². The lowest BCUT2D eigenvalue weighted by Gasteiger charge is -2.15. The van der Waals surface area contributed by atoms with Gasteiger partial charge in [0, 0.05) is 32.0 Å². The fraction of sp³-hybridized carbons (Fsp3) is 0.600. The van der Waals surface area contributed by atoms with Crippen molar-refractivity contribution in [2.75, 3.05) is 20.3 Å². The molecule has 15 heavy (non-hydrogen) atoms. The van der Waals surface area contributed by atoms with E-state index in [2.05, 4.69) is 22.2 Å². The summed E-state index contributed by atoms with van der Waals surface area (Å²) < 4.78 is 5.11. The zero-order chi connectivity index (χ0) is 11.1. The Morgan fingerprint density at radius 1 is 1.47 bits per heavy atom. The molecule has 1 aromatic rings.